The van der Waals surface area contributed by atoms with Gasteiger partial charge in [0, 0.05) is 17.4 Å². The lowest BCUT2D eigenvalue weighted by Gasteiger charge is -2.48. The van der Waals surface area contributed by atoms with E-state index in [1.807, 2.05) is 0 Å². The number of rotatable bonds is 3. The van der Waals surface area contributed by atoms with Gasteiger partial charge in [0.25, 0.3) is 0 Å². The normalized spacial score (nSPS) is 26.4. The zero-order valence-corrected chi connectivity index (χ0v) is 11.5. The van der Waals surface area contributed by atoms with Crippen molar-refractivity contribution in [2.45, 2.75) is 43.9 Å². The summed E-state index contributed by atoms with van der Waals surface area (Å²) < 4.78 is 5.55. The van der Waals surface area contributed by atoms with Gasteiger partial charge in [0.15, 0.2) is 0 Å². The van der Waals surface area contributed by atoms with Crippen LogP contribution < -0.4 is 0 Å². The van der Waals surface area contributed by atoms with Crippen LogP contribution in [0.5, 0.6) is 0 Å². The molecule has 1 aromatic rings. The Morgan fingerprint density at radius 2 is 1.79 bits per heavy atom. The zero-order chi connectivity index (χ0) is 12.9. The van der Waals surface area contributed by atoms with Crippen LogP contribution in [0.4, 0.5) is 0 Å². The van der Waals surface area contributed by atoms with Crippen LogP contribution in [-0.2, 0) is 23.0 Å². The molecular formula is C17H22O2. The van der Waals surface area contributed by atoms with Gasteiger partial charge in [-0.15, -0.1) is 0 Å². The molecule has 2 heteroatoms. The van der Waals surface area contributed by atoms with Crippen molar-refractivity contribution >= 4 is 0 Å². The predicted octanol–water partition coefficient (Wildman–Crippen LogP) is 2.61. The van der Waals surface area contributed by atoms with E-state index >= 15 is 0 Å². The minimum absolute atomic E-state index is 0.105. The van der Waals surface area contributed by atoms with Gasteiger partial charge in [-0.25, -0.2) is 0 Å². The SMILES string of the molecule is OCC1(C2(c3ccc4c(c3)CCCC4)COC2)CC1. The van der Waals surface area contributed by atoms with Crippen LogP contribution in [-0.4, -0.2) is 24.9 Å². The molecule has 0 unspecified atom stereocenters. The molecule has 0 spiro atoms. The molecule has 1 saturated carbocycles. The molecule has 1 N–H and O–H groups in total. The molecule has 2 nitrogen and oxygen atoms in total. The van der Waals surface area contributed by atoms with E-state index in [0.29, 0.717) is 6.61 Å². The summed E-state index contributed by atoms with van der Waals surface area (Å²) in [6, 6.07) is 7.06. The van der Waals surface area contributed by atoms with Crippen LogP contribution in [0.25, 0.3) is 0 Å². The fourth-order valence-corrected chi connectivity index (χ4v) is 4.06. The summed E-state index contributed by atoms with van der Waals surface area (Å²) in [6.07, 6.45) is 7.44. The first kappa shape index (κ1) is 11.9. The van der Waals surface area contributed by atoms with Gasteiger partial charge in [0.2, 0.25) is 0 Å². The number of benzene rings is 1. The number of ether oxygens (including phenoxy) is 1. The molecule has 1 aromatic carbocycles. The fourth-order valence-electron chi connectivity index (χ4n) is 4.06. The van der Waals surface area contributed by atoms with Gasteiger partial charge in [0.05, 0.1) is 13.2 Å². The summed E-state index contributed by atoms with van der Waals surface area (Å²) in [6.45, 7) is 1.91. The smallest absolute Gasteiger partial charge is 0.0591 e. The van der Waals surface area contributed by atoms with Crippen molar-refractivity contribution in [1.29, 1.82) is 0 Å². The maximum Gasteiger partial charge on any atom is 0.0591 e. The molecule has 3 aliphatic rings. The molecule has 4 rings (SSSR count). The van der Waals surface area contributed by atoms with Crippen molar-refractivity contribution in [3.8, 4) is 0 Å². The largest absolute Gasteiger partial charge is 0.396 e. The summed E-state index contributed by atoms with van der Waals surface area (Å²) >= 11 is 0. The number of fused-ring (bicyclic) bond motifs is 1. The van der Waals surface area contributed by atoms with Gasteiger partial charge < -0.3 is 9.84 Å². The summed E-state index contributed by atoms with van der Waals surface area (Å²) in [5, 5.41) is 9.80. The molecule has 1 heterocycles. The number of aliphatic hydroxyl groups excluding tert-OH is 1. The molecule has 19 heavy (non-hydrogen) atoms. The quantitative estimate of drug-likeness (QED) is 0.903. The minimum atomic E-state index is 0.105. The van der Waals surface area contributed by atoms with E-state index in [1.54, 1.807) is 11.1 Å². The Kier molecular flexibility index (Phi) is 2.55. The van der Waals surface area contributed by atoms with Gasteiger partial charge >= 0.3 is 0 Å². The first-order chi connectivity index (χ1) is 9.30. The number of aliphatic hydroxyl groups is 1. The van der Waals surface area contributed by atoms with Crippen LogP contribution >= 0.6 is 0 Å². The monoisotopic (exact) mass is 258 g/mol. The van der Waals surface area contributed by atoms with Gasteiger partial charge in [-0.1, -0.05) is 18.2 Å². The third kappa shape index (κ3) is 1.56. The molecule has 0 amide bonds. The highest BCUT2D eigenvalue weighted by Crippen LogP contribution is 2.62. The summed E-state index contributed by atoms with van der Waals surface area (Å²) in [7, 11) is 0. The lowest BCUT2D eigenvalue weighted by molar-refractivity contribution is -0.110. The molecular weight excluding hydrogens is 236 g/mol. The highest BCUT2D eigenvalue weighted by Gasteiger charge is 2.63. The molecule has 102 valence electrons. The van der Waals surface area contributed by atoms with E-state index in [1.165, 1.54) is 31.2 Å². The Labute approximate surface area is 114 Å². The first-order valence-corrected chi connectivity index (χ1v) is 7.61. The van der Waals surface area contributed by atoms with Gasteiger partial charge in [-0.2, -0.15) is 0 Å². The maximum absolute atomic E-state index is 9.80. The highest BCUT2D eigenvalue weighted by atomic mass is 16.5. The Hall–Kier alpha value is -0.860. The first-order valence-electron chi connectivity index (χ1n) is 7.61. The summed E-state index contributed by atoms with van der Waals surface area (Å²) in [4.78, 5) is 0. The van der Waals surface area contributed by atoms with Crippen molar-refractivity contribution in [2.75, 3.05) is 19.8 Å². The van der Waals surface area contributed by atoms with E-state index in [4.69, 9.17) is 4.74 Å². The average molecular weight is 258 g/mol. The summed E-state index contributed by atoms with van der Waals surface area (Å²) in [5.74, 6) is 0. The standard InChI is InChI=1S/C17H22O2/c18-10-16(7-8-16)17(11-19-12-17)15-6-5-13-3-1-2-4-14(13)9-15/h5-6,9,18H,1-4,7-8,10-12H2. The van der Waals surface area contributed by atoms with Crippen LogP contribution in [0.1, 0.15) is 42.4 Å². The van der Waals surface area contributed by atoms with Crippen LogP contribution in [0.15, 0.2) is 18.2 Å². The van der Waals surface area contributed by atoms with Gasteiger partial charge in [-0.05, 0) is 55.2 Å². The second-order valence-corrected chi connectivity index (χ2v) is 6.70. The zero-order valence-electron chi connectivity index (χ0n) is 11.5. The van der Waals surface area contributed by atoms with Crippen molar-refractivity contribution in [2.24, 2.45) is 5.41 Å². The molecule has 0 aromatic heterocycles. The molecule has 0 bridgehead atoms. The number of aryl methyl sites for hydroxylation is 2. The van der Waals surface area contributed by atoms with E-state index in [-0.39, 0.29) is 10.8 Å². The predicted molar refractivity (Wildman–Crippen MR) is 74.3 cm³/mol. The van der Waals surface area contributed by atoms with Crippen molar-refractivity contribution < 1.29 is 9.84 Å². The Morgan fingerprint density at radius 1 is 1.05 bits per heavy atom. The molecule has 0 radical (unpaired) electrons. The van der Waals surface area contributed by atoms with Crippen LogP contribution in [0, 0.1) is 5.41 Å². The molecule has 0 atom stereocenters. The lowest BCUT2D eigenvalue weighted by Crippen LogP contribution is -2.55. The second-order valence-electron chi connectivity index (χ2n) is 6.70. The lowest BCUT2D eigenvalue weighted by atomic mass is 9.65. The fraction of sp³-hybridized carbons (Fsp3) is 0.647. The van der Waals surface area contributed by atoms with Crippen molar-refractivity contribution in [3.63, 3.8) is 0 Å². The second kappa shape index (κ2) is 4.07. The third-order valence-corrected chi connectivity index (χ3v) is 5.77. The number of hydrogen-bond donors (Lipinski definition) is 1. The Bertz CT molecular complexity index is 498. The number of hydrogen-bond acceptors (Lipinski definition) is 2. The third-order valence-electron chi connectivity index (χ3n) is 5.77. The molecule has 2 aliphatic carbocycles. The average Bonchev–Trinajstić information content (AvgIpc) is 3.19. The van der Waals surface area contributed by atoms with Gasteiger partial charge in [0.1, 0.15) is 0 Å². The molecule has 1 saturated heterocycles. The van der Waals surface area contributed by atoms with E-state index in [9.17, 15) is 5.11 Å². The van der Waals surface area contributed by atoms with Crippen LogP contribution in [0.3, 0.4) is 0 Å². The van der Waals surface area contributed by atoms with E-state index in [0.717, 1.165) is 26.1 Å². The summed E-state index contributed by atoms with van der Waals surface area (Å²) in [5.41, 5.74) is 4.73. The molecule has 1 aliphatic heterocycles. The van der Waals surface area contributed by atoms with E-state index in [2.05, 4.69) is 18.2 Å². The Balaban J connectivity index is 1.75. The van der Waals surface area contributed by atoms with Gasteiger partial charge in [-0.3, -0.25) is 0 Å². The van der Waals surface area contributed by atoms with Crippen molar-refractivity contribution in [3.05, 3.63) is 34.9 Å². The maximum atomic E-state index is 9.80. The highest BCUT2D eigenvalue weighted by molar-refractivity contribution is 5.41. The Morgan fingerprint density at radius 3 is 2.37 bits per heavy atom. The molecule has 2 fully saturated rings. The topological polar surface area (TPSA) is 29.5 Å². The van der Waals surface area contributed by atoms with E-state index < -0.39 is 0 Å². The van der Waals surface area contributed by atoms with Crippen LogP contribution in [0.2, 0.25) is 0 Å². The van der Waals surface area contributed by atoms with Crippen molar-refractivity contribution in [1.82, 2.24) is 0 Å². The minimum Gasteiger partial charge on any atom is -0.396 e.